The number of halogens is 2. The molecule has 1 heterocycles. The van der Waals surface area contributed by atoms with Crippen LogP contribution in [0, 0.1) is 6.20 Å². The molecule has 1 aromatic carbocycles. The van der Waals surface area contributed by atoms with Gasteiger partial charge in [-0.1, -0.05) is 12.1 Å². The van der Waals surface area contributed by atoms with Gasteiger partial charge in [0.15, 0.2) is 12.1 Å². The Balaban J connectivity index is 2.08. The first kappa shape index (κ1) is 12.2. The van der Waals surface area contributed by atoms with E-state index in [2.05, 4.69) is 15.9 Å². The first-order chi connectivity index (χ1) is 8.69. The summed E-state index contributed by atoms with van der Waals surface area (Å²) >= 11 is 0. The topological polar surface area (TPSA) is 44.1 Å². The standard InChI is InChI=1S/C12H9F2N2O2/c13-12(14)18-10-3-1-9(2-4-10)7-16-6-5-15-11(16)8-17/h1-5,8,12H,7H2. The molecule has 0 aliphatic rings. The fourth-order valence-corrected chi connectivity index (χ4v) is 1.48. The Morgan fingerprint density at radius 3 is 2.72 bits per heavy atom. The molecule has 4 nitrogen and oxygen atoms in total. The third-order valence-electron chi connectivity index (χ3n) is 2.28. The lowest BCUT2D eigenvalue weighted by molar-refractivity contribution is -0.0498. The average Bonchev–Trinajstić information content (AvgIpc) is 2.78. The molecule has 1 radical (unpaired) electrons. The number of alkyl halides is 2. The molecule has 0 saturated heterocycles. The minimum absolute atomic E-state index is 0.0963. The quantitative estimate of drug-likeness (QED) is 0.765. The van der Waals surface area contributed by atoms with Crippen LogP contribution >= 0.6 is 0 Å². The molecule has 0 fully saturated rings. The molecule has 93 valence electrons. The van der Waals surface area contributed by atoms with E-state index in [1.165, 1.54) is 22.9 Å². The molecule has 1 aromatic heterocycles. The summed E-state index contributed by atoms with van der Waals surface area (Å²) in [7, 11) is 0. The van der Waals surface area contributed by atoms with Crippen molar-refractivity contribution in [3.05, 3.63) is 48.0 Å². The van der Waals surface area contributed by atoms with E-state index in [0.717, 1.165) is 5.56 Å². The van der Waals surface area contributed by atoms with Crippen LogP contribution in [0.1, 0.15) is 16.2 Å². The number of ether oxygens (including phenoxy) is 1. The molecular formula is C12H9F2N2O2. The zero-order valence-corrected chi connectivity index (χ0v) is 9.22. The number of hydrogen-bond acceptors (Lipinski definition) is 3. The Morgan fingerprint density at radius 2 is 2.11 bits per heavy atom. The summed E-state index contributed by atoms with van der Waals surface area (Å²) in [5, 5.41) is 0. The van der Waals surface area contributed by atoms with Gasteiger partial charge in [0.1, 0.15) is 5.75 Å². The SMILES string of the molecule is O=Cc1nc[c]n1Cc1ccc(OC(F)F)cc1. The fraction of sp³-hybridized carbons (Fsp3) is 0.167. The molecule has 0 amide bonds. The second-order valence-electron chi connectivity index (χ2n) is 3.47. The third-order valence-corrected chi connectivity index (χ3v) is 2.28. The maximum atomic E-state index is 11.9. The predicted octanol–water partition coefficient (Wildman–Crippen LogP) is 2.15. The van der Waals surface area contributed by atoms with Gasteiger partial charge < -0.3 is 9.30 Å². The fourth-order valence-electron chi connectivity index (χ4n) is 1.48. The molecule has 0 aliphatic carbocycles. The van der Waals surface area contributed by atoms with E-state index >= 15 is 0 Å². The Morgan fingerprint density at radius 1 is 1.39 bits per heavy atom. The Labute approximate surface area is 102 Å². The lowest BCUT2D eigenvalue weighted by Gasteiger charge is -2.07. The van der Waals surface area contributed by atoms with E-state index in [-0.39, 0.29) is 11.6 Å². The molecular weight excluding hydrogens is 242 g/mol. The molecule has 6 heteroatoms. The number of carbonyl (C=O) groups excluding carboxylic acids is 1. The zero-order chi connectivity index (χ0) is 13.0. The smallest absolute Gasteiger partial charge is 0.387 e. The predicted molar refractivity (Wildman–Crippen MR) is 58.6 cm³/mol. The molecule has 0 bridgehead atoms. The maximum Gasteiger partial charge on any atom is 0.387 e. The van der Waals surface area contributed by atoms with Crippen molar-refractivity contribution in [2.75, 3.05) is 0 Å². The van der Waals surface area contributed by atoms with Crippen molar-refractivity contribution in [2.45, 2.75) is 13.2 Å². The van der Waals surface area contributed by atoms with Gasteiger partial charge in [0.2, 0.25) is 0 Å². The first-order valence-electron chi connectivity index (χ1n) is 5.11. The number of benzene rings is 1. The van der Waals surface area contributed by atoms with E-state index in [1.807, 2.05) is 0 Å². The normalized spacial score (nSPS) is 10.6. The zero-order valence-electron chi connectivity index (χ0n) is 9.22. The van der Waals surface area contributed by atoms with Gasteiger partial charge in [-0.25, -0.2) is 4.98 Å². The summed E-state index contributed by atoms with van der Waals surface area (Å²) in [6, 6.07) is 6.16. The molecule has 2 rings (SSSR count). The number of hydrogen-bond donors (Lipinski definition) is 0. The molecule has 0 saturated carbocycles. The average molecular weight is 251 g/mol. The number of aromatic nitrogens is 2. The highest BCUT2D eigenvalue weighted by atomic mass is 19.3. The molecule has 0 spiro atoms. The number of carbonyl (C=O) groups is 1. The van der Waals surface area contributed by atoms with E-state index < -0.39 is 6.61 Å². The Kier molecular flexibility index (Phi) is 3.66. The number of nitrogens with zero attached hydrogens (tertiary/aromatic N) is 2. The first-order valence-corrected chi connectivity index (χ1v) is 5.11. The van der Waals surface area contributed by atoms with Crippen LogP contribution in [-0.2, 0) is 6.54 Å². The summed E-state index contributed by atoms with van der Waals surface area (Å²) in [5.74, 6) is 0.363. The van der Waals surface area contributed by atoms with Gasteiger partial charge in [0.25, 0.3) is 0 Å². The molecule has 0 N–H and O–H groups in total. The van der Waals surface area contributed by atoms with Crippen molar-refractivity contribution in [2.24, 2.45) is 0 Å². The van der Waals surface area contributed by atoms with Crippen molar-refractivity contribution in [3.8, 4) is 5.75 Å². The largest absolute Gasteiger partial charge is 0.435 e. The van der Waals surface area contributed by atoms with Crippen LogP contribution in [0.4, 0.5) is 8.78 Å². The summed E-state index contributed by atoms with van der Waals surface area (Å²) in [4.78, 5) is 14.5. The Bertz CT molecular complexity index is 523. The van der Waals surface area contributed by atoms with Crippen LogP contribution in [0.25, 0.3) is 0 Å². The lowest BCUT2D eigenvalue weighted by Crippen LogP contribution is -2.04. The lowest BCUT2D eigenvalue weighted by atomic mass is 10.2. The molecule has 0 atom stereocenters. The minimum atomic E-state index is -2.83. The van der Waals surface area contributed by atoms with E-state index in [9.17, 15) is 13.6 Å². The number of imidazole rings is 1. The van der Waals surface area contributed by atoms with Gasteiger partial charge in [-0.3, -0.25) is 4.79 Å². The van der Waals surface area contributed by atoms with Crippen LogP contribution in [0.2, 0.25) is 0 Å². The summed E-state index contributed by atoms with van der Waals surface area (Å²) in [6.07, 6.45) is 4.81. The van der Waals surface area contributed by atoms with Crippen molar-refractivity contribution >= 4 is 6.29 Å². The molecule has 0 aliphatic heterocycles. The van der Waals surface area contributed by atoms with Crippen molar-refractivity contribution in [1.82, 2.24) is 9.55 Å². The van der Waals surface area contributed by atoms with Crippen molar-refractivity contribution < 1.29 is 18.3 Å². The monoisotopic (exact) mass is 251 g/mol. The van der Waals surface area contributed by atoms with E-state index in [1.54, 1.807) is 12.1 Å². The van der Waals surface area contributed by atoms with Crippen LogP contribution < -0.4 is 4.74 Å². The van der Waals surface area contributed by atoms with Crippen LogP contribution in [-0.4, -0.2) is 22.4 Å². The van der Waals surface area contributed by atoms with Crippen LogP contribution in [0.5, 0.6) is 5.75 Å². The number of aldehydes is 1. The van der Waals surface area contributed by atoms with E-state index in [0.29, 0.717) is 12.8 Å². The molecule has 18 heavy (non-hydrogen) atoms. The highest BCUT2D eigenvalue weighted by Crippen LogP contribution is 2.15. The van der Waals surface area contributed by atoms with Gasteiger partial charge in [0, 0.05) is 6.54 Å². The second-order valence-corrected chi connectivity index (χ2v) is 3.47. The highest BCUT2D eigenvalue weighted by Gasteiger charge is 2.05. The highest BCUT2D eigenvalue weighted by molar-refractivity contribution is 5.69. The van der Waals surface area contributed by atoms with Crippen LogP contribution in [0.3, 0.4) is 0 Å². The molecule has 0 unspecified atom stereocenters. The maximum absolute atomic E-state index is 11.9. The van der Waals surface area contributed by atoms with Gasteiger partial charge in [0.05, 0.1) is 12.4 Å². The Hall–Kier alpha value is -2.24. The number of rotatable bonds is 5. The van der Waals surface area contributed by atoms with Gasteiger partial charge in [-0.15, -0.1) is 0 Å². The van der Waals surface area contributed by atoms with Crippen LogP contribution in [0.15, 0.2) is 30.5 Å². The summed E-state index contributed by atoms with van der Waals surface area (Å²) in [5.41, 5.74) is 0.828. The van der Waals surface area contributed by atoms with Gasteiger partial charge in [-0.05, 0) is 17.7 Å². The summed E-state index contributed by atoms with van der Waals surface area (Å²) < 4.78 is 29.7. The minimum Gasteiger partial charge on any atom is -0.435 e. The summed E-state index contributed by atoms with van der Waals surface area (Å²) in [6.45, 7) is -2.44. The van der Waals surface area contributed by atoms with Gasteiger partial charge >= 0.3 is 6.61 Å². The van der Waals surface area contributed by atoms with E-state index in [4.69, 9.17) is 0 Å². The van der Waals surface area contributed by atoms with Gasteiger partial charge in [-0.2, -0.15) is 8.78 Å². The van der Waals surface area contributed by atoms with Crippen molar-refractivity contribution in [3.63, 3.8) is 0 Å². The molecule has 2 aromatic rings. The second kappa shape index (κ2) is 5.39. The van der Waals surface area contributed by atoms with Crippen molar-refractivity contribution in [1.29, 1.82) is 0 Å². The third kappa shape index (κ3) is 2.91.